The SMILES string of the molecule is CC.Cc1cc2c(cc1C(F)(F)F)NC(=O)CC(c1cccc(C(=O)O)c1)N2. The van der Waals surface area contributed by atoms with Crippen molar-refractivity contribution < 1.29 is 27.9 Å². The average Bonchev–Trinajstić information content (AvgIpc) is 2.79. The van der Waals surface area contributed by atoms with Crippen LogP contribution in [-0.2, 0) is 11.0 Å². The number of hydrogen-bond acceptors (Lipinski definition) is 3. The number of anilines is 2. The summed E-state index contributed by atoms with van der Waals surface area (Å²) < 4.78 is 39.3. The zero-order valence-corrected chi connectivity index (χ0v) is 15.6. The number of benzene rings is 2. The molecule has 0 fully saturated rings. The van der Waals surface area contributed by atoms with Crippen molar-refractivity contribution in [1.82, 2.24) is 0 Å². The number of aryl methyl sites for hydroxylation is 1. The van der Waals surface area contributed by atoms with Crippen LogP contribution < -0.4 is 10.6 Å². The standard InChI is InChI=1S/C18H15F3N2O3.C2H6/c1-9-5-14-15(7-12(9)18(19,20)21)23-16(24)8-13(22-14)10-3-2-4-11(6-10)17(25)26;1-2/h2-7,13,22H,8H2,1H3,(H,23,24)(H,25,26);1-2H3. The summed E-state index contributed by atoms with van der Waals surface area (Å²) in [6.45, 7) is 5.34. The molecule has 3 rings (SSSR count). The minimum atomic E-state index is -4.52. The van der Waals surface area contributed by atoms with Crippen molar-refractivity contribution in [1.29, 1.82) is 0 Å². The van der Waals surface area contributed by atoms with Crippen LogP contribution in [0.2, 0.25) is 0 Å². The number of halogens is 3. The first-order chi connectivity index (χ1) is 13.1. The molecule has 0 saturated heterocycles. The lowest BCUT2D eigenvalue weighted by Crippen LogP contribution is -2.16. The number of carbonyl (C=O) groups is 2. The Morgan fingerprint density at radius 1 is 1.14 bits per heavy atom. The predicted molar refractivity (Wildman–Crippen MR) is 101 cm³/mol. The Balaban J connectivity index is 0.00000136. The molecule has 0 bridgehead atoms. The molecule has 28 heavy (non-hydrogen) atoms. The van der Waals surface area contributed by atoms with Gasteiger partial charge in [-0.05, 0) is 42.3 Å². The molecule has 0 aromatic heterocycles. The average molecular weight is 394 g/mol. The van der Waals surface area contributed by atoms with E-state index in [4.69, 9.17) is 5.11 Å². The van der Waals surface area contributed by atoms with Crippen LogP contribution in [0, 0.1) is 6.92 Å². The highest BCUT2D eigenvalue weighted by molar-refractivity contribution is 5.97. The minimum absolute atomic E-state index is 0.0259. The molecule has 150 valence electrons. The second-order valence-electron chi connectivity index (χ2n) is 6.09. The maximum atomic E-state index is 13.1. The summed E-state index contributed by atoms with van der Waals surface area (Å²) >= 11 is 0. The number of carboxylic acids is 1. The van der Waals surface area contributed by atoms with Crippen LogP contribution in [0.3, 0.4) is 0 Å². The van der Waals surface area contributed by atoms with Crippen molar-refractivity contribution >= 4 is 23.3 Å². The van der Waals surface area contributed by atoms with Crippen LogP contribution in [0.1, 0.15) is 53.4 Å². The first-order valence-electron chi connectivity index (χ1n) is 8.76. The molecule has 1 aliphatic heterocycles. The molecule has 1 heterocycles. The zero-order chi connectivity index (χ0) is 21.1. The summed E-state index contributed by atoms with van der Waals surface area (Å²) in [6.07, 6.45) is -4.57. The van der Waals surface area contributed by atoms with Crippen molar-refractivity contribution in [2.24, 2.45) is 0 Å². The van der Waals surface area contributed by atoms with Crippen molar-refractivity contribution in [3.63, 3.8) is 0 Å². The monoisotopic (exact) mass is 394 g/mol. The lowest BCUT2D eigenvalue weighted by molar-refractivity contribution is -0.138. The summed E-state index contributed by atoms with van der Waals surface area (Å²) in [5.41, 5.74) is 0.239. The highest BCUT2D eigenvalue weighted by atomic mass is 19.4. The number of hydrogen-bond donors (Lipinski definition) is 3. The van der Waals surface area contributed by atoms with E-state index in [2.05, 4.69) is 10.6 Å². The second kappa shape index (κ2) is 8.33. The van der Waals surface area contributed by atoms with Crippen LogP contribution in [0.15, 0.2) is 36.4 Å². The first kappa shape index (κ1) is 21.3. The number of carbonyl (C=O) groups excluding carboxylic acids is 1. The number of amides is 1. The van der Waals surface area contributed by atoms with Gasteiger partial charge < -0.3 is 15.7 Å². The fraction of sp³-hybridized carbons (Fsp3) is 0.300. The summed E-state index contributed by atoms with van der Waals surface area (Å²) in [4.78, 5) is 23.3. The number of alkyl halides is 3. The molecule has 0 radical (unpaired) electrons. The quantitative estimate of drug-likeness (QED) is 0.651. The van der Waals surface area contributed by atoms with Crippen LogP contribution in [-0.4, -0.2) is 17.0 Å². The first-order valence-corrected chi connectivity index (χ1v) is 8.76. The van der Waals surface area contributed by atoms with Gasteiger partial charge in [0.05, 0.1) is 35.0 Å². The Morgan fingerprint density at radius 3 is 2.43 bits per heavy atom. The maximum absolute atomic E-state index is 13.1. The number of nitrogens with one attached hydrogen (secondary N) is 2. The highest BCUT2D eigenvalue weighted by Gasteiger charge is 2.34. The molecule has 0 saturated carbocycles. The third-order valence-corrected chi connectivity index (χ3v) is 4.20. The summed E-state index contributed by atoms with van der Waals surface area (Å²) in [6, 6.07) is 7.77. The van der Waals surface area contributed by atoms with Gasteiger partial charge in [0.2, 0.25) is 5.91 Å². The van der Waals surface area contributed by atoms with Gasteiger partial charge in [-0.25, -0.2) is 4.79 Å². The molecule has 3 N–H and O–H groups in total. The normalized spacial score (nSPS) is 15.9. The summed E-state index contributed by atoms with van der Waals surface area (Å²) in [7, 11) is 0. The van der Waals surface area contributed by atoms with Crippen LogP contribution >= 0.6 is 0 Å². The molecule has 8 heteroatoms. The van der Waals surface area contributed by atoms with E-state index in [1.807, 2.05) is 13.8 Å². The van der Waals surface area contributed by atoms with Gasteiger partial charge >= 0.3 is 12.1 Å². The Labute approximate surface area is 160 Å². The second-order valence-corrected chi connectivity index (χ2v) is 6.09. The van der Waals surface area contributed by atoms with E-state index in [0.29, 0.717) is 11.3 Å². The van der Waals surface area contributed by atoms with Gasteiger partial charge in [0, 0.05) is 0 Å². The number of aromatic carboxylic acids is 1. The van der Waals surface area contributed by atoms with Gasteiger partial charge in [0.1, 0.15) is 0 Å². The molecule has 2 aromatic rings. The molecule has 0 spiro atoms. The van der Waals surface area contributed by atoms with Crippen molar-refractivity contribution in [2.75, 3.05) is 10.6 Å². The molecule has 0 aliphatic carbocycles. The Bertz CT molecular complexity index is 895. The molecule has 1 amide bonds. The van der Waals surface area contributed by atoms with Gasteiger partial charge in [0.15, 0.2) is 0 Å². The molecule has 5 nitrogen and oxygen atoms in total. The van der Waals surface area contributed by atoms with Crippen molar-refractivity contribution in [3.05, 3.63) is 58.7 Å². The fourth-order valence-corrected chi connectivity index (χ4v) is 2.95. The minimum Gasteiger partial charge on any atom is -0.478 e. The maximum Gasteiger partial charge on any atom is 0.416 e. The molecule has 1 aliphatic rings. The van der Waals surface area contributed by atoms with Gasteiger partial charge in [-0.3, -0.25) is 4.79 Å². The van der Waals surface area contributed by atoms with Crippen LogP contribution in [0.5, 0.6) is 0 Å². The van der Waals surface area contributed by atoms with Crippen LogP contribution in [0.25, 0.3) is 0 Å². The Kier molecular flexibility index (Phi) is 6.33. The smallest absolute Gasteiger partial charge is 0.416 e. The number of fused-ring (bicyclic) bond motifs is 1. The third-order valence-electron chi connectivity index (χ3n) is 4.20. The zero-order valence-electron chi connectivity index (χ0n) is 15.6. The number of rotatable bonds is 2. The molecular formula is C20H21F3N2O3. The number of carboxylic acid groups (broad SMARTS) is 1. The Morgan fingerprint density at radius 2 is 1.82 bits per heavy atom. The van der Waals surface area contributed by atoms with E-state index >= 15 is 0 Å². The van der Waals surface area contributed by atoms with Gasteiger partial charge in [-0.1, -0.05) is 26.0 Å². The lowest BCUT2D eigenvalue weighted by Gasteiger charge is -2.19. The molecular weight excluding hydrogens is 373 g/mol. The van der Waals surface area contributed by atoms with E-state index < -0.39 is 29.7 Å². The van der Waals surface area contributed by atoms with Crippen molar-refractivity contribution in [3.8, 4) is 0 Å². The highest BCUT2D eigenvalue weighted by Crippen LogP contribution is 2.39. The topological polar surface area (TPSA) is 78.4 Å². The molecule has 2 aromatic carbocycles. The fourth-order valence-electron chi connectivity index (χ4n) is 2.95. The van der Waals surface area contributed by atoms with Crippen molar-refractivity contribution in [2.45, 2.75) is 39.4 Å². The summed E-state index contributed by atoms with van der Waals surface area (Å²) in [5.74, 6) is -1.56. The third kappa shape index (κ3) is 4.62. The molecule has 1 atom stereocenters. The van der Waals surface area contributed by atoms with E-state index in [1.165, 1.54) is 25.1 Å². The van der Waals surface area contributed by atoms with Gasteiger partial charge in [-0.2, -0.15) is 13.2 Å². The summed E-state index contributed by atoms with van der Waals surface area (Å²) in [5, 5.41) is 14.6. The van der Waals surface area contributed by atoms with Gasteiger partial charge in [0.25, 0.3) is 0 Å². The van der Waals surface area contributed by atoms with E-state index in [0.717, 1.165) is 6.07 Å². The largest absolute Gasteiger partial charge is 0.478 e. The predicted octanol–water partition coefficient (Wildman–Crippen LogP) is 5.23. The van der Waals surface area contributed by atoms with E-state index in [1.54, 1.807) is 12.1 Å². The van der Waals surface area contributed by atoms with E-state index in [9.17, 15) is 22.8 Å². The van der Waals surface area contributed by atoms with E-state index in [-0.39, 0.29) is 23.2 Å². The Hall–Kier alpha value is -3.03. The van der Waals surface area contributed by atoms with Crippen LogP contribution in [0.4, 0.5) is 24.5 Å². The lowest BCUT2D eigenvalue weighted by atomic mass is 10.0. The van der Waals surface area contributed by atoms with Gasteiger partial charge in [-0.15, -0.1) is 0 Å². The molecule has 1 unspecified atom stereocenters.